The summed E-state index contributed by atoms with van der Waals surface area (Å²) in [5.74, 6) is 0.723. The third kappa shape index (κ3) is 6.27. The number of hydrogen-bond donors (Lipinski definition) is 2. The molecule has 0 saturated carbocycles. The molecular weight excluding hydrogens is 448 g/mol. The Morgan fingerprint density at radius 1 is 1.35 bits per heavy atom. The number of halogens is 3. The van der Waals surface area contributed by atoms with Crippen molar-refractivity contribution in [1.29, 1.82) is 0 Å². The molecule has 0 spiro atoms. The molecule has 3 nitrogen and oxygen atoms in total. The quantitative estimate of drug-likeness (QED) is 0.382. The fraction of sp³-hybridized carbons (Fsp3) is 0.312. The van der Waals surface area contributed by atoms with E-state index in [0.717, 1.165) is 12.1 Å². The minimum absolute atomic E-state index is 0. The largest absolute Gasteiger partial charge is 0.356 e. The van der Waals surface area contributed by atoms with Crippen LogP contribution >= 0.6 is 46.9 Å². The molecule has 0 amide bonds. The Kier molecular flexibility index (Phi) is 8.86. The van der Waals surface area contributed by atoms with E-state index in [2.05, 4.69) is 40.1 Å². The number of thiophene rings is 1. The molecule has 0 aliphatic heterocycles. The van der Waals surface area contributed by atoms with Crippen molar-refractivity contribution in [2.24, 2.45) is 4.99 Å². The van der Waals surface area contributed by atoms with E-state index in [0.29, 0.717) is 18.4 Å². The third-order valence-corrected chi connectivity index (χ3v) is 4.67. The maximum Gasteiger partial charge on any atom is 0.191 e. The molecule has 126 valence electrons. The molecule has 23 heavy (non-hydrogen) atoms. The van der Waals surface area contributed by atoms with Gasteiger partial charge in [0.2, 0.25) is 0 Å². The summed E-state index contributed by atoms with van der Waals surface area (Å²) in [5, 5.41) is 8.70. The van der Waals surface area contributed by atoms with Gasteiger partial charge in [0.05, 0.1) is 5.02 Å². The van der Waals surface area contributed by atoms with E-state index in [4.69, 9.17) is 11.6 Å². The monoisotopic (exact) mass is 467 g/mol. The van der Waals surface area contributed by atoms with Crippen LogP contribution in [-0.2, 0) is 6.54 Å². The molecule has 2 rings (SSSR count). The van der Waals surface area contributed by atoms with Gasteiger partial charge in [0.1, 0.15) is 5.82 Å². The van der Waals surface area contributed by atoms with Crippen LogP contribution in [0.15, 0.2) is 40.7 Å². The van der Waals surface area contributed by atoms with E-state index >= 15 is 0 Å². The second kappa shape index (κ2) is 10.1. The summed E-state index contributed by atoms with van der Waals surface area (Å²) in [6.07, 6.45) is 0. The summed E-state index contributed by atoms with van der Waals surface area (Å²) in [4.78, 5) is 5.53. The number of hydrogen-bond acceptors (Lipinski definition) is 2. The van der Waals surface area contributed by atoms with Gasteiger partial charge in [-0.2, -0.15) is 0 Å². The average Bonchev–Trinajstić information content (AvgIpc) is 3.05. The van der Waals surface area contributed by atoms with Gasteiger partial charge < -0.3 is 10.6 Å². The molecule has 1 atom stereocenters. The number of benzene rings is 1. The van der Waals surface area contributed by atoms with Crippen molar-refractivity contribution in [3.8, 4) is 0 Å². The van der Waals surface area contributed by atoms with Crippen LogP contribution in [0.2, 0.25) is 5.02 Å². The van der Waals surface area contributed by atoms with Crippen molar-refractivity contribution >= 4 is 52.9 Å². The van der Waals surface area contributed by atoms with Gasteiger partial charge in [0.15, 0.2) is 5.96 Å². The summed E-state index contributed by atoms with van der Waals surface area (Å²) in [6, 6.07) is 8.88. The van der Waals surface area contributed by atoms with Gasteiger partial charge >= 0.3 is 0 Å². The molecule has 0 fully saturated rings. The Labute approximate surface area is 162 Å². The standard InChI is InChI=1S/C16H19ClFN3S.HI/c1-11(15-4-3-7-22-15)9-20-16(19-2)21-10-12-5-6-14(18)13(17)8-12;/h3-8,11H,9-10H2,1-2H3,(H2,19,20,21);1H. The van der Waals surface area contributed by atoms with Crippen LogP contribution in [0.1, 0.15) is 23.3 Å². The van der Waals surface area contributed by atoms with Crippen LogP contribution in [0.25, 0.3) is 0 Å². The van der Waals surface area contributed by atoms with Crippen molar-refractivity contribution in [3.63, 3.8) is 0 Å². The minimum atomic E-state index is -0.405. The summed E-state index contributed by atoms with van der Waals surface area (Å²) in [6.45, 7) is 3.50. The number of nitrogens with zero attached hydrogens (tertiary/aromatic N) is 1. The van der Waals surface area contributed by atoms with Gasteiger partial charge in [0, 0.05) is 30.9 Å². The fourth-order valence-electron chi connectivity index (χ4n) is 1.98. The molecule has 0 saturated heterocycles. The molecule has 1 unspecified atom stereocenters. The molecule has 2 N–H and O–H groups in total. The topological polar surface area (TPSA) is 36.4 Å². The number of guanidine groups is 1. The second-order valence-corrected chi connectivity index (χ2v) is 6.36. The second-order valence-electron chi connectivity index (χ2n) is 4.97. The Morgan fingerprint density at radius 2 is 2.13 bits per heavy atom. The summed E-state index contributed by atoms with van der Waals surface area (Å²) < 4.78 is 13.1. The van der Waals surface area contributed by atoms with Crippen LogP contribution in [0.3, 0.4) is 0 Å². The predicted octanol–water partition coefficient (Wildman–Crippen LogP) is 4.63. The molecular formula is C16H20ClFIN3S. The molecule has 0 radical (unpaired) electrons. The normalized spacial score (nSPS) is 12.4. The SMILES string of the molecule is CN=C(NCc1ccc(F)c(Cl)c1)NCC(C)c1cccs1.I. The minimum Gasteiger partial charge on any atom is -0.356 e. The van der Waals surface area contributed by atoms with E-state index in [1.165, 1.54) is 10.9 Å². The number of rotatable bonds is 5. The molecule has 0 aliphatic carbocycles. The lowest BCUT2D eigenvalue weighted by atomic mass is 10.1. The van der Waals surface area contributed by atoms with Crippen molar-refractivity contribution in [1.82, 2.24) is 10.6 Å². The first-order valence-corrected chi connectivity index (χ1v) is 8.27. The van der Waals surface area contributed by atoms with E-state index in [9.17, 15) is 4.39 Å². The highest BCUT2D eigenvalue weighted by Crippen LogP contribution is 2.19. The first kappa shape index (κ1) is 20.2. The Morgan fingerprint density at radius 3 is 2.74 bits per heavy atom. The summed E-state index contributed by atoms with van der Waals surface area (Å²) >= 11 is 7.53. The maximum atomic E-state index is 13.1. The molecule has 2 aromatic rings. The fourth-order valence-corrected chi connectivity index (χ4v) is 2.97. The first-order valence-electron chi connectivity index (χ1n) is 7.02. The van der Waals surface area contributed by atoms with E-state index in [-0.39, 0.29) is 29.0 Å². The lowest BCUT2D eigenvalue weighted by molar-refractivity contribution is 0.627. The maximum absolute atomic E-state index is 13.1. The zero-order chi connectivity index (χ0) is 15.9. The number of nitrogens with one attached hydrogen (secondary N) is 2. The van der Waals surface area contributed by atoms with Crippen molar-refractivity contribution < 1.29 is 4.39 Å². The lowest BCUT2D eigenvalue weighted by Crippen LogP contribution is -2.38. The van der Waals surface area contributed by atoms with Gasteiger partial charge in [-0.15, -0.1) is 35.3 Å². The Hall–Kier alpha value is -0.860. The smallest absolute Gasteiger partial charge is 0.191 e. The van der Waals surface area contributed by atoms with Gasteiger partial charge in [-0.3, -0.25) is 4.99 Å². The first-order chi connectivity index (χ1) is 10.6. The Bertz CT molecular complexity index is 634. The van der Waals surface area contributed by atoms with Crippen LogP contribution in [0.4, 0.5) is 4.39 Å². The predicted molar refractivity (Wildman–Crippen MR) is 108 cm³/mol. The highest BCUT2D eigenvalue weighted by atomic mass is 127. The third-order valence-electron chi connectivity index (χ3n) is 3.27. The molecule has 0 aliphatic rings. The van der Waals surface area contributed by atoms with Crippen LogP contribution in [0.5, 0.6) is 0 Å². The Balaban J connectivity index is 0.00000264. The van der Waals surface area contributed by atoms with Crippen LogP contribution in [-0.4, -0.2) is 19.6 Å². The van der Waals surface area contributed by atoms with Crippen molar-refractivity contribution in [3.05, 3.63) is 57.0 Å². The van der Waals surface area contributed by atoms with E-state index in [1.807, 2.05) is 0 Å². The van der Waals surface area contributed by atoms with Gasteiger partial charge in [-0.05, 0) is 29.1 Å². The van der Waals surface area contributed by atoms with E-state index in [1.54, 1.807) is 30.5 Å². The molecule has 1 aromatic carbocycles. The summed E-state index contributed by atoms with van der Waals surface area (Å²) in [5.41, 5.74) is 0.903. The highest BCUT2D eigenvalue weighted by molar-refractivity contribution is 14.0. The van der Waals surface area contributed by atoms with Crippen molar-refractivity contribution in [2.75, 3.05) is 13.6 Å². The lowest BCUT2D eigenvalue weighted by Gasteiger charge is -2.15. The van der Waals surface area contributed by atoms with Gasteiger partial charge in [0.25, 0.3) is 0 Å². The molecule has 1 heterocycles. The van der Waals surface area contributed by atoms with Crippen LogP contribution in [0, 0.1) is 5.82 Å². The zero-order valence-electron chi connectivity index (χ0n) is 13.0. The molecule has 1 aromatic heterocycles. The molecule has 7 heteroatoms. The van der Waals surface area contributed by atoms with Gasteiger partial charge in [-0.1, -0.05) is 30.7 Å². The van der Waals surface area contributed by atoms with Gasteiger partial charge in [-0.25, -0.2) is 4.39 Å². The zero-order valence-corrected chi connectivity index (χ0v) is 16.9. The highest BCUT2D eigenvalue weighted by Gasteiger charge is 2.08. The average molecular weight is 468 g/mol. The number of aliphatic imine (C=N–C) groups is 1. The van der Waals surface area contributed by atoms with Crippen molar-refractivity contribution in [2.45, 2.75) is 19.4 Å². The van der Waals surface area contributed by atoms with E-state index < -0.39 is 5.82 Å². The summed E-state index contributed by atoms with van der Waals surface area (Å²) in [7, 11) is 1.72. The molecule has 0 bridgehead atoms. The van der Waals surface area contributed by atoms with Crippen LogP contribution < -0.4 is 10.6 Å².